The topological polar surface area (TPSA) is 84.9 Å². The summed E-state index contributed by atoms with van der Waals surface area (Å²) < 4.78 is 56.7. The highest BCUT2D eigenvalue weighted by atomic mass is 19.4. The molecule has 6 aliphatic rings. The zero-order valence-electron chi connectivity index (χ0n) is 24.5. The number of rotatable bonds is 6. The second-order valence-electron chi connectivity index (χ2n) is 13.6. The maximum atomic E-state index is 14.4. The fourth-order valence-electron chi connectivity index (χ4n) is 9.25. The third kappa shape index (κ3) is 4.38. The van der Waals surface area contributed by atoms with Crippen molar-refractivity contribution in [1.82, 2.24) is 5.32 Å². The molecule has 0 radical (unpaired) electrons. The summed E-state index contributed by atoms with van der Waals surface area (Å²) in [5.74, 6) is -2.45. The van der Waals surface area contributed by atoms with E-state index in [0.29, 0.717) is 12.0 Å². The molecule has 43 heavy (non-hydrogen) atoms. The minimum absolute atomic E-state index is 0.159. The summed E-state index contributed by atoms with van der Waals surface area (Å²) >= 11 is 0. The van der Waals surface area contributed by atoms with Gasteiger partial charge in [-0.25, -0.2) is 0 Å². The van der Waals surface area contributed by atoms with Crippen molar-refractivity contribution < 1.29 is 41.8 Å². The van der Waals surface area contributed by atoms with Gasteiger partial charge in [0.05, 0.1) is 32.3 Å². The number of carbonyl (C=O) groups is 2. The van der Waals surface area contributed by atoms with Crippen LogP contribution in [-0.4, -0.2) is 71.8 Å². The first kappa shape index (κ1) is 28.6. The second kappa shape index (κ2) is 9.69. The molecule has 7 rings (SSSR count). The van der Waals surface area contributed by atoms with Crippen LogP contribution in [0, 0.1) is 17.3 Å². The van der Waals surface area contributed by atoms with E-state index in [1.807, 2.05) is 6.08 Å². The number of hydrogen-bond donors (Lipinski definition) is 2. The molecule has 4 fully saturated rings. The van der Waals surface area contributed by atoms with Gasteiger partial charge in [-0.05, 0) is 42.9 Å². The Morgan fingerprint density at radius 1 is 1.16 bits per heavy atom. The van der Waals surface area contributed by atoms with Gasteiger partial charge in [0.2, 0.25) is 5.72 Å². The van der Waals surface area contributed by atoms with Crippen LogP contribution in [0.25, 0.3) is 5.76 Å². The van der Waals surface area contributed by atoms with Gasteiger partial charge in [-0.2, -0.15) is 13.2 Å². The van der Waals surface area contributed by atoms with E-state index < -0.39 is 41.2 Å². The van der Waals surface area contributed by atoms with Crippen LogP contribution in [-0.2, 0) is 19.1 Å². The van der Waals surface area contributed by atoms with Gasteiger partial charge in [-0.1, -0.05) is 42.8 Å². The molecule has 1 aromatic carbocycles. The maximum Gasteiger partial charge on any atom is 0.425 e. The first-order chi connectivity index (χ1) is 20.4. The summed E-state index contributed by atoms with van der Waals surface area (Å²) in [6, 6.07) is 7.52. The number of esters is 1. The largest absolute Gasteiger partial charge is 0.506 e. The number of halogens is 3. The Kier molecular flexibility index (Phi) is 6.46. The SMILES string of the molecule is CC(=O)OC1(NC(=O)C(=C(O)c2ccccc2)C(F)(F)F)C=CC2=C3C1O[C@H]1CCC[C@H]4[C@@H](C2)[N+](C)(CC2CC2)CC[C@]314. The number of ether oxygens (including phenoxy) is 2. The molecule has 4 aliphatic carbocycles. The smallest absolute Gasteiger partial charge is 0.425 e. The zero-order valence-corrected chi connectivity index (χ0v) is 24.5. The number of alkyl halides is 3. The Morgan fingerprint density at radius 2 is 1.91 bits per heavy atom. The number of nitrogens with one attached hydrogen (secondary N) is 1. The lowest BCUT2D eigenvalue weighted by Crippen LogP contribution is -2.69. The molecule has 2 aliphatic heterocycles. The fraction of sp³-hybridized carbons (Fsp3) is 0.576. The fourth-order valence-corrected chi connectivity index (χ4v) is 9.25. The highest BCUT2D eigenvalue weighted by Gasteiger charge is 2.71. The van der Waals surface area contributed by atoms with Crippen LogP contribution in [0.1, 0.15) is 57.4 Å². The Bertz CT molecular complexity index is 1450. The predicted molar refractivity (Wildman–Crippen MR) is 151 cm³/mol. The molecule has 2 heterocycles. The molecule has 2 saturated heterocycles. The molecule has 2 bridgehead atoms. The van der Waals surface area contributed by atoms with Crippen molar-refractivity contribution in [2.24, 2.45) is 17.3 Å². The van der Waals surface area contributed by atoms with Crippen LogP contribution in [0.5, 0.6) is 0 Å². The van der Waals surface area contributed by atoms with Crippen molar-refractivity contribution in [1.29, 1.82) is 0 Å². The van der Waals surface area contributed by atoms with E-state index in [1.54, 1.807) is 6.07 Å². The van der Waals surface area contributed by atoms with Crippen molar-refractivity contribution in [3.63, 3.8) is 0 Å². The maximum absolute atomic E-state index is 14.4. The average Bonchev–Trinajstić information content (AvgIpc) is 3.68. The van der Waals surface area contributed by atoms with Crippen LogP contribution in [0.15, 0.2) is 59.2 Å². The molecule has 230 valence electrons. The Balaban J connectivity index is 1.30. The molecule has 1 aromatic rings. The minimum Gasteiger partial charge on any atom is -0.506 e. The van der Waals surface area contributed by atoms with Gasteiger partial charge in [0.15, 0.2) is 5.57 Å². The molecule has 7 atom stereocenters. The summed E-state index contributed by atoms with van der Waals surface area (Å²) in [6.45, 7) is 3.32. The molecule has 10 heteroatoms. The van der Waals surface area contributed by atoms with Crippen LogP contribution in [0.3, 0.4) is 0 Å². The van der Waals surface area contributed by atoms with Crippen molar-refractivity contribution in [3.05, 3.63) is 64.8 Å². The van der Waals surface area contributed by atoms with Crippen LogP contribution in [0.2, 0.25) is 0 Å². The average molecular weight is 600 g/mol. The number of aliphatic hydroxyl groups excluding tert-OH is 1. The number of nitrogens with zero attached hydrogens (tertiary/aromatic N) is 1. The molecule has 2 saturated carbocycles. The van der Waals surface area contributed by atoms with E-state index in [4.69, 9.17) is 9.47 Å². The number of hydrogen-bond acceptors (Lipinski definition) is 5. The van der Waals surface area contributed by atoms with Crippen LogP contribution >= 0.6 is 0 Å². The van der Waals surface area contributed by atoms with Gasteiger partial charge in [0.25, 0.3) is 5.91 Å². The van der Waals surface area contributed by atoms with Gasteiger partial charge in [-0.3, -0.25) is 9.59 Å². The highest BCUT2D eigenvalue weighted by Crippen LogP contribution is 2.67. The van der Waals surface area contributed by atoms with Crippen LogP contribution in [0.4, 0.5) is 13.2 Å². The van der Waals surface area contributed by atoms with Crippen molar-refractivity contribution in [3.8, 4) is 0 Å². The molecule has 3 unspecified atom stereocenters. The Hall–Kier alpha value is -3.11. The van der Waals surface area contributed by atoms with E-state index in [2.05, 4.69) is 12.4 Å². The van der Waals surface area contributed by atoms with Crippen LogP contribution < -0.4 is 5.32 Å². The van der Waals surface area contributed by atoms with Crippen molar-refractivity contribution >= 4 is 17.6 Å². The lowest BCUT2D eigenvalue weighted by Gasteiger charge is -2.62. The molecule has 7 nitrogen and oxygen atoms in total. The number of amides is 1. The quantitative estimate of drug-likeness (QED) is 0.152. The summed E-state index contributed by atoms with van der Waals surface area (Å²) in [6.07, 6.45) is 4.11. The van der Waals surface area contributed by atoms with E-state index in [-0.39, 0.29) is 17.1 Å². The number of piperidine rings is 1. The Morgan fingerprint density at radius 3 is 2.58 bits per heavy atom. The lowest BCUT2D eigenvalue weighted by molar-refractivity contribution is -0.947. The number of likely N-dealkylation sites (tertiary alicyclic amines) is 1. The second-order valence-corrected chi connectivity index (χ2v) is 13.6. The first-order valence-electron chi connectivity index (χ1n) is 15.4. The number of carbonyl (C=O) groups excluding carboxylic acids is 2. The molecule has 2 N–H and O–H groups in total. The van der Waals surface area contributed by atoms with E-state index in [0.717, 1.165) is 67.1 Å². The van der Waals surface area contributed by atoms with Gasteiger partial charge < -0.3 is 24.4 Å². The highest BCUT2D eigenvalue weighted by molar-refractivity contribution is 6.01. The summed E-state index contributed by atoms with van der Waals surface area (Å²) in [5.41, 5.74) is -2.16. The van der Waals surface area contributed by atoms with Crippen molar-refractivity contribution in [2.45, 2.75) is 82.0 Å². The standard InChI is InChI=1S/C33H37F3N2O5/c1-19(39)43-32(37-30(41)27(33(34,35)36)28(40)21-7-4-3-5-8-21)14-13-22-17-24-23-9-6-10-25-31(23,26(22)29(32)42-25)15-16-38(24,2)18-20-11-12-20/h3-5,7-8,13-14,20,23-25,29H,6,9-12,15-18H2,1-2H3,(H-,37,40,41)/p+1/t23-,24+,25-,29?,31+,32?,38?/m0/s1. The molecule has 0 aromatic heterocycles. The van der Waals surface area contributed by atoms with E-state index in [1.165, 1.54) is 49.7 Å². The molecular weight excluding hydrogens is 561 g/mol. The lowest BCUT2D eigenvalue weighted by atomic mass is 9.50. The third-order valence-electron chi connectivity index (χ3n) is 11.1. The zero-order chi connectivity index (χ0) is 30.4. The molecular formula is C33H38F3N2O5+. The monoisotopic (exact) mass is 599 g/mol. The number of aliphatic hydroxyl groups is 1. The van der Waals surface area contributed by atoms with E-state index >= 15 is 0 Å². The third-order valence-corrected chi connectivity index (χ3v) is 11.1. The number of benzene rings is 1. The Labute approximate surface area is 249 Å². The summed E-state index contributed by atoms with van der Waals surface area (Å²) in [4.78, 5) is 26.1. The number of allylic oxidation sites excluding steroid dienone is 1. The summed E-state index contributed by atoms with van der Waals surface area (Å²) in [5, 5.41) is 13.1. The van der Waals surface area contributed by atoms with Gasteiger partial charge >= 0.3 is 12.1 Å². The molecule has 1 amide bonds. The summed E-state index contributed by atoms with van der Waals surface area (Å²) in [7, 11) is 2.39. The first-order valence-corrected chi connectivity index (χ1v) is 15.4. The van der Waals surface area contributed by atoms with E-state index in [9.17, 15) is 27.9 Å². The van der Waals surface area contributed by atoms with Crippen molar-refractivity contribution in [2.75, 3.05) is 20.1 Å². The van der Waals surface area contributed by atoms with Gasteiger partial charge in [-0.15, -0.1) is 0 Å². The minimum atomic E-state index is -5.19. The number of quaternary nitrogens is 1. The predicted octanol–water partition coefficient (Wildman–Crippen LogP) is 5.35. The normalized spacial score (nSPS) is 38.3. The van der Waals surface area contributed by atoms with Gasteiger partial charge in [0.1, 0.15) is 11.9 Å². The molecule has 1 spiro atoms. The van der Waals surface area contributed by atoms with Gasteiger partial charge in [0, 0.05) is 42.6 Å².